The topological polar surface area (TPSA) is 128 Å². The minimum atomic E-state index is -1.12. The molecule has 168 valence electrons. The quantitative estimate of drug-likeness (QED) is 0.589. The van der Waals surface area contributed by atoms with Crippen molar-refractivity contribution >= 4 is 17.4 Å². The Bertz CT molecular complexity index is 1180. The third-order valence-electron chi connectivity index (χ3n) is 5.92. The van der Waals surface area contributed by atoms with Crippen LogP contribution >= 0.6 is 0 Å². The molecular weight excluding hydrogens is 419 g/mol. The van der Waals surface area contributed by atoms with E-state index in [9.17, 15) is 14.3 Å². The second-order valence-electron chi connectivity index (χ2n) is 8.12. The van der Waals surface area contributed by atoms with Crippen molar-refractivity contribution in [2.75, 3.05) is 11.4 Å². The van der Waals surface area contributed by atoms with Gasteiger partial charge in [-0.3, -0.25) is 0 Å². The Morgan fingerprint density at radius 2 is 2.28 bits per heavy atom. The number of anilines is 1. The highest BCUT2D eigenvalue weighted by Crippen LogP contribution is 2.42. The Labute approximate surface area is 182 Å². The maximum absolute atomic E-state index is 14.1. The molecule has 0 bridgehead atoms. The van der Waals surface area contributed by atoms with Crippen molar-refractivity contribution in [3.8, 4) is 11.6 Å². The van der Waals surface area contributed by atoms with Crippen LogP contribution in [0.15, 0.2) is 24.7 Å². The predicted molar refractivity (Wildman–Crippen MR) is 112 cm³/mol. The van der Waals surface area contributed by atoms with Gasteiger partial charge in [0.25, 0.3) is 0 Å². The number of aromatic nitrogens is 4. The number of carboxylic acid groups (broad SMARTS) is 1. The van der Waals surface area contributed by atoms with Crippen molar-refractivity contribution in [2.24, 2.45) is 5.73 Å². The van der Waals surface area contributed by atoms with Crippen molar-refractivity contribution in [2.45, 2.75) is 51.0 Å². The summed E-state index contributed by atoms with van der Waals surface area (Å²) in [6.07, 6.45) is 6.41. The molecule has 1 aliphatic heterocycles. The molecule has 0 aromatic carbocycles. The number of fused-ring (bicyclic) bond motifs is 3. The number of carbonyl (C=O) groups is 1. The van der Waals surface area contributed by atoms with Gasteiger partial charge < -0.3 is 25.2 Å². The van der Waals surface area contributed by atoms with E-state index in [0.29, 0.717) is 29.6 Å². The van der Waals surface area contributed by atoms with Crippen LogP contribution in [-0.4, -0.2) is 55.5 Å². The molecule has 0 unspecified atom stereocenters. The van der Waals surface area contributed by atoms with Crippen LogP contribution < -0.4 is 20.1 Å². The number of hydrogen-bond acceptors (Lipinski definition) is 8. The number of carboxylic acids is 1. The third kappa shape index (κ3) is 3.48. The van der Waals surface area contributed by atoms with Gasteiger partial charge in [0.05, 0.1) is 31.2 Å². The Morgan fingerprint density at radius 3 is 3.06 bits per heavy atom. The van der Waals surface area contributed by atoms with Crippen LogP contribution in [0.3, 0.4) is 0 Å². The number of nitrogens with two attached hydrogens (primary N) is 1. The first kappa shape index (κ1) is 20.4. The fourth-order valence-corrected chi connectivity index (χ4v) is 4.35. The molecule has 32 heavy (non-hydrogen) atoms. The Kier molecular flexibility index (Phi) is 5.04. The second-order valence-corrected chi connectivity index (χ2v) is 8.12. The SMILES string of the molecule is C[C@@H](CN)Oc1ncc(F)cc1CN1c2nc3c(C(=O)O)cnn3cc2O[C@H]2CCC[C@H]21. The van der Waals surface area contributed by atoms with E-state index in [4.69, 9.17) is 15.2 Å². The van der Waals surface area contributed by atoms with Gasteiger partial charge in [0.15, 0.2) is 17.2 Å². The Morgan fingerprint density at radius 1 is 1.44 bits per heavy atom. The first-order chi connectivity index (χ1) is 15.4. The summed E-state index contributed by atoms with van der Waals surface area (Å²) in [4.78, 5) is 22.4. The zero-order valence-electron chi connectivity index (χ0n) is 17.4. The van der Waals surface area contributed by atoms with E-state index in [2.05, 4.69) is 15.1 Å². The molecule has 11 heteroatoms. The average molecular weight is 442 g/mol. The van der Waals surface area contributed by atoms with Crippen LogP contribution in [0.4, 0.5) is 10.2 Å². The molecule has 3 atom stereocenters. The van der Waals surface area contributed by atoms with Crippen LogP contribution in [0, 0.1) is 5.82 Å². The van der Waals surface area contributed by atoms with Crippen molar-refractivity contribution in [1.29, 1.82) is 0 Å². The number of hydrogen-bond donors (Lipinski definition) is 2. The largest absolute Gasteiger partial charge is 0.483 e. The van der Waals surface area contributed by atoms with Gasteiger partial charge in [-0.15, -0.1) is 0 Å². The summed E-state index contributed by atoms with van der Waals surface area (Å²) in [5.74, 6) is -0.288. The third-order valence-corrected chi connectivity index (χ3v) is 5.92. The van der Waals surface area contributed by atoms with Crippen molar-refractivity contribution in [3.05, 3.63) is 41.6 Å². The van der Waals surface area contributed by atoms with Crippen molar-refractivity contribution < 1.29 is 23.8 Å². The van der Waals surface area contributed by atoms with Gasteiger partial charge in [0.1, 0.15) is 23.6 Å². The lowest BCUT2D eigenvalue weighted by Crippen LogP contribution is -2.47. The molecule has 3 aromatic heterocycles. The summed E-state index contributed by atoms with van der Waals surface area (Å²) in [6.45, 7) is 2.38. The smallest absolute Gasteiger partial charge is 0.341 e. The molecule has 3 N–H and O–H groups in total. The van der Waals surface area contributed by atoms with E-state index >= 15 is 0 Å². The zero-order chi connectivity index (χ0) is 22.4. The molecule has 10 nitrogen and oxygen atoms in total. The van der Waals surface area contributed by atoms with Gasteiger partial charge in [-0.2, -0.15) is 5.10 Å². The summed E-state index contributed by atoms with van der Waals surface area (Å²) in [5, 5.41) is 13.6. The highest BCUT2D eigenvalue weighted by atomic mass is 19.1. The van der Waals surface area contributed by atoms with E-state index < -0.39 is 11.8 Å². The maximum atomic E-state index is 14.1. The van der Waals surface area contributed by atoms with E-state index in [-0.39, 0.29) is 36.0 Å². The maximum Gasteiger partial charge on any atom is 0.341 e. The first-order valence-corrected chi connectivity index (χ1v) is 10.5. The standard InChI is InChI=1S/C21H23FN6O4/c1-11(6-23)31-20-12(5-13(22)7-24-20)9-27-15-3-2-4-16(15)32-17-10-28-18(26-19(17)27)14(8-25-28)21(29)30/h5,7-8,10-11,15-16H,2-4,6,9,23H2,1H3,(H,29,30)/t11-,15+,16-/m0/s1. The van der Waals surface area contributed by atoms with Crippen LogP contribution in [-0.2, 0) is 6.54 Å². The van der Waals surface area contributed by atoms with Crippen molar-refractivity contribution in [3.63, 3.8) is 0 Å². The summed E-state index contributed by atoms with van der Waals surface area (Å²) >= 11 is 0. The highest BCUT2D eigenvalue weighted by molar-refractivity contribution is 5.94. The molecule has 1 aliphatic carbocycles. The molecule has 0 amide bonds. The summed E-state index contributed by atoms with van der Waals surface area (Å²) in [7, 11) is 0. The van der Waals surface area contributed by atoms with Crippen LogP contribution in [0.5, 0.6) is 11.6 Å². The molecule has 0 spiro atoms. The minimum Gasteiger partial charge on any atom is -0.483 e. The normalized spacial score (nSPS) is 20.5. The summed E-state index contributed by atoms with van der Waals surface area (Å²) < 4.78 is 27.5. The Hall–Kier alpha value is -3.47. The van der Waals surface area contributed by atoms with Crippen molar-refractivity contribution in [1.82, 2.24) is 19.6 Å². The molecule has 2 aliphatic rings. The molecule has 0 radical (unpaired) electrons. The van der Waals surface area contributed by atoms with E-state index in [1.807, 2.05) is 11.8 Å². The van der Waals surface area contributed by atoms with Gasteiger partial charge in [-0.1, -0.05) is 0 Å². The van der Waals surface area contributed by atoms with Crippen LogP contribution in [0.25, 0.3) is 5.65 Å². The van der Waals surface area contributed by atoms with Crippen LogP contribution in [0.2, 0.25) is 0 Å². The number of halogens is 1. The first-order valence-electron chi connectivity index (χ1n) is 10.5. The second kappa shape index (κ2) is 7.90. The number of aromatic carboxylic acids is 1. The van der Waals surface area contributed by atoms with Gasteiger partial charge in [-0.25, -0.2) is 23.7 Å². The lowest BCUT2D eigenvalue weighted by Gasteiger charge is -2.39. The van der Waals surface area contributed by atoms with E-state index in [0.717, 1.165) is 25.5 Å². The van der Waals surface area contributed by atoms with Gasteiger partial charge in [0.2, 0.25) is 5.88 Å². The van der Waals surface area contributed by atoms with E-state index in [1.54, 1.807) is 6.20 Å². The molecule has 1 fully saturated rings. The van der Waals surface area contributed by atoms with E-state index in [1.165, 1.54) is 16.8 Å². The number of pyridine rings is 1. The molecule has 5 rings (SSSR count). The van der Waals surface area contributed by atoms with Gasteiger partial charge >= 0.3 is 5.97 Å². The molecule has 3 aromatic rings. The monoisotopic (exact) mass is 442 g/mol. The Balaban J connectivity index is 1.59. The van der Waals surface area contributed by atoms with Gasteiger partial charge in [-0.05, 0) is 32.3 Å². The lowest BCUT2D eigenvalue weighted by molar-refractivity contribution is 0.0698. The summed E-state index contributed by atoms with van der Waals surface area (Å²) in [6, 6.07) is 1.40. The molecule has 1 saturated carbocycles. The highest BCUT2D eigenvalue weighted by Gasteiger charge is 2.41. The number of ether oxygens (including phenoxy) is 2. The minimum absolute atomic E-state index is 0.00508. The fourth-order valence-electron chi connectivity index (χ4n) is 4.35. The fraction of sp³-hybridized carbons (Fsp3) is 0.429. The predicted octanol–water partition coefficient (Wildman–Crippen LogP) is 2.01. The van der Waals surface area contributed by atoms with Crippen LogP contribution in [0.1, 0.15) is 42.1 Å². The number of rotatable bonds is 6. The lowest BCUT2D eigenvalue weighted by atomic mass is 10.1. The van der Waals surface area contributed by atoms with Gasteiger partial charge in [0, 0.05) is 12.1 Å². The molecule has 4 heterocycles. The summed E-state index contributed by atoms with van der Waals surface area (Å²) in [5.41, 5.74) is 6.44. The molecular formula is C21H23FN6O4. The zero-order valence-corrected chi connectivity index (χ0v) is 17.4. The number of nitrogens with zero attached hydrogens (tertiary/aromatic N) is 5. The molecule has 0 saturated heterocycles. The average Bonchev–Trinajstić information content (AvgIpc) is 3.40.